The number of rotatable bonds is 7. The summed E-state index contributed by atoms with van der Waals surface area (Å²) in [4.78, 5) is 11.1. The number of ether oxygens (including phenoxy) is 1. The molecule has 0 saturated carbocycles. The third kappa shape index (κ3) is 4.15. The van der Waals surface area contributed by atoms with Crippen LogP contribution in [0.5, 0.6) is 0 Å². The zero-order valence-corrected chi connectivity index (χ0v) is 10.9. The van der Waals surface area contributed by atoms with Crippen LogP contribution >= 0.6 is 0 Å². The van der Waals surface area contributed by atoms with Gasteiger partial charge in [-0.1, -0.05) is 13.5 Å². The molecule has 0 aromatic carbocycles. The molecule has 2 atom stereocenters. The molecule has 0 fully saturated rings. The Bertz CT molecular complexity index is 219. The maximum absolute atomic E-state index is 11.1. The predicted octanol–water partition coefficient (Wildman–Crippen LogP) is 1.79. The van der Waals surface area contributed by atoms with Crippen LogP contribution in [0.4, 0.5) is 0 Å². The van der Waals surface area contributed by atoms with E-state index in [0.29, 0.717) is 13.0 Å². The fourth-order valence-electron chi connectivity index (χ4n) is 1.32. The minimum Gasteiger partial charge on any atom is -0.457 e. The third-order valence-corrected chi connectivity index (χ3v) is 5.59. The fourth-order valence-corrected chi connectivity index (χ4v) is 3.53. The minimum atomic E-state index is -2.42. The van der Waals surface area contributed by atoms with Gasteiger partial charge in [0, 0.05) is 19.8 Å². The predicted molar refractivity (Wildman–Crippen MR) is 60.6 cm³/mol. The van der Waals surface area contributed by atoms with E-state index in [0.717, 1.165) is 6.08 Å². The summed E-state index contributed by atoms with van der Waals surface area (Å²) in [5.74, 6) is -0.433. The van der Waals surface area contributed by atoms with Crippen molar-refractivity contribution < 1.29 is 18.4 Å². The molecule has 0 aliphatic rings. The number of hydrogen-bond donors (Lipinski definition) is 0. The molecule has 15 heavy (non-hydrogen) atoms. The van der Waals surface area contributed by atoms with Crippen LogP contribution in [0, 0.1) is 0 Å². The Kier molecular flexibility index (Phi) is 6.47. The van der Waals surface area contributed by atoms with Crippen molar-refractivity contribution in [1.29, 1.82) is 0 Å². The van der Waals surface area contributed by atoms with Gasteiger partial charge in [0.15, 0.2) is 0 Å². The van der Waals surface area contributed by atoms with Gasteiger partial charge in [-0.3, -0.25) is 0 Å². The number of hydrogen-bond acceptors (Lipinski definition) is 4. The largest absolute Gasteiger partial charge is 0.457 e. The average molecular weight is 232 g/mol. The SMILES string of the molecule is C=CC(=O)OC(CC)[Si](C)(OC)OCC. The lowest BCUT2D eigenvalue weighted by Gasteiger charge is -2.31. The Labute approximate surface area is 92.5 Å². The zero-order valence-electron chi connectivity index (χ0n) is 9.91. The van der Waals surface area contributed by atoms with Gasteiger partial charge in [0.2, 0.25) is 0 Å². The fraction of sp³-hybridized carbons (Fsp3) is 0.700. The van der Waals surface area contributed by atoms with Crippen molar-refractivity contribution in [3.63, 3.8) is 0 Å². The van der Waals surface area contributed by atoms with Gasteiger partial charge in [-0.05, 0) is 19.9 Å². The highest BCUT2D eigenvalue weighted by molar-refractivity contribution is 6.67. The van der Waals surface area contributed by atoms with Crippen molar-refractivity contribution in [1.82, 2.24) is 0 Å². The third-order valence-electron chi connectivity index (χ3n) is 2.22. The summed E-state index contributed by atoms with van der Waals surface area (Å²) in [5.41, 5.74) is -0.298. The summed E-state index contributed by atoms with van der Waals surface area (Å²) < 4.78 is 16.2. The second kappa shape index (κ2) is 6.76. The van der Waals surface area contributed by atoms with Crippen LogP contribution in [-0.4, -0.2) is 34.0 Å². The van der Waals surface area contributed by atoms with Crippen LogP contribution in [0.2, 0.25) is 6.55 Å². The van der Waals surface area contributed by atoms with Crippen LogP contribution < -0.4 is 0 Å². The highest BCUT2D eigenvalue weighted by Crippen LogP contribution is 2.18. The van der Waals surface area contributed by atoms with Crippen molar-refractivity contribution in [3.8, 4) is 0 Å². The Morgan fingerprint density at radius 2 is 2.13 bits per heavy atom. The van der Waals surface area contributed by atoms with E-state index in [1.54, 1.807) is 7.11 Å². The number of carbonyl (C=O) groups is 1. The van der Waals surface area contributed by atoms with E-state index in [1.807, 2.05) is 20.4 Å². The minimum absolute atomic E-state index is 0.298. The van der Waals surface area contributed by atoms with Gasteiger partial charge in [0.25, 0.3) is 0 Å². The molecule has 88 valence electrons. The van der Waals surface area contributed by atoms with E-state index in [9.17, 15) is 4.79 Å². The molecule has 0 saturated heterocycles. The molecule has 0 aliphatic carbocycles. The van der Waals surface area contributed by atoms with Crippen LogP contribution in [0.25, 0.3) is 0 Å². The molecule has 0 amide bonds. The molecule has 0 N–H and O–H groups in total. The van der Waals surface area contributed by atoms with Gasteiger partial charge in [0.05, 0.1) is 0 Å². The van der Waals surface area contributed by atoms with E-state index < -0.39 is 14.5 Å². The smallest absolute Gasteiger partial charge is 0.376 e. The Hall–Kier alpha value is -0.653. The number of esters is 1. The Morgan fingerprint density at radius 1 is 1.53 bits per heavy atom. The normalized spacial score (nSPS) is 16.5. The van der Waals surface area contributed by atoms with Gasteiger partial charge >= 0.3 is 14.5 Å². The molecule has 0 aromatic rings. The van der Waals surface area contributed by atoms with E-state index in [4.69, 9.17) is 13.6 Å². The first-order chi connectivity index (χ1) is 7.03. The summed E-state index contributed by atoms with van der Waals surface area (Å²) in [5, 5.41) is 0. The average Bonchev–Trinajstić information content (AvgIpc) is 2.25. The second-order valence-corrected chi connectivity index (χ2v) is 6.56. The summed E-state index contributed by atoms with van der Waals surface area (Å²) >= 11 is 0. The van der Waals surface area contributed by atoms with E-state index in [-0.39, 0.29) is 5.73 Å². The molecular formula is C10H20O4Si. The standard InChI is InChI=1S/C10H20O4Si/c1-6-9(11)14-10(7-2)15(5,12-4)13-8-3/h6,10H,1,7-8H2,2-5H3. The topological polar surface area (TPSA) is 44.8 Å². The van der Waals surface area contributed by atoms with Crippen molar-refractivity contribution in [3.05, 3.63) is 12.7 Å². The van der Waals surface area contributed by atoms with Gasteiger partial charge in [-0.2, -0.15) is 0 Å². The first kappa shape index (κ1) is 14.3. The molecule has 0 radical (unpaired) electrons. The van der Waals surface area contributed by atoms with Crippen molar-refractivity contribution in [2.75, 3.05) is 13.7 Å². The van der Waals surface area contributed by atoms with Crippen molar-refractivity contribution in [2.45, 2.75) is 32.5 Å². The highest BCUT2D eigenvalue weighted by Gasteiger charge is 2.41. The summed E-state index contributed by atoms with van der Waals surface area (Å²) in [6.45, 7) is 9.64. The first-order valence-corrected chi connectivity index (χ1v) is 7.45. The summed E-state index contributed by atoms with van der Waals surface area (Å²) in [6.07, 6.45) is 1.83. The molecule has 0 heterocycles. The lowest BCUT2D eigenvalue weighted by Crippen LogP contribution is -2.51. The molecular weight excluding hydrogens is 212 g/mol. The molecule has 0 aliphatic heterocycles. The first-order valence-electron chi connectivity index (χ1n) is 5.06. The molecule has 0 rings (SSSR count). The second-order valence-electron chi connectivity index (χ2n) is 3.19. The van der Waals surface area contributed by atoms with E-state index >= 15 is 0 Å². The monoisotopic (exact) mass is 232 g/mol. The lowest BCUT2D eigenvalue weighted by molar-refractivity contribution is -0.141. The summed E-state index contributed by atoms with van der Waals surface area (Å²) in [7, 11) is -0.833. The Balaban J connectivity index is 4.59. The summed E-state index contributed by atoms with van der Waals surface area (Å²) in [6, 6.07) is 0. The maximum atomic E-state index is 11.1. The van der Waals surface area contributed by atoms with Crippen LogP contribution in [0.3, 0.4) is 0 Å². The Morgan fingerprint density at radius 3 is 2.47 bits per heavy atom. The van der Waals surface area contributed by atoms with Crippen LogP contribution in [0.15, 0.2) is 12.7 Å². The van der Waals surface area contributed by atoms with Crippen molar-refractivity contribution in [2.24, 2.45) is 0 Å². The zero-order chi connectivity index (χ0) is 11.9. The maximum Gasteiger partial charge on any atom is 0.376 e. The van der Waals surface area contributed by atoms with Crippen LogP contribution in [0.1, 0.15) is 20.3 Å². The van der Waals surface area contributed by atoms with Gasteiger partial charge in [-0.15, -0.1) is 0 Å². The number of carbonyl (C=O) groups excluding carboxylic acids is 1. The van der Waals surface area contributed by atoms with E-state index in [1.165, 1.54) is 0 Å². The molecule has 0 aromatic heterocycles. The van der Waals surface area contributed by atoms with Gasteiger partial charge in [-0.25, -0.2) is 4.79 Å². The van der Waals surface area contributed by atoms with Gasteiger partial charge in [0.1, 0.15) is 5.73 Å². The molecule has 0 spiro atoms. The lowest BCUT2D eigenvalue weighted by atomic mass is 10.5. The molecule has 5 heteroatoms. The van der Waals surface area contributed by atoms with Crippen LogP contribution in [-0.2, 0) is 18.4 Å². The quantitative estimate of drug-likeness (QED) is 0.381. The molecule has 0 bridgehead atoms. The van der Waals surface area contributed by atoms with Crippen molar-refractivity contribution >= 4 is 14.5 Å². The van der Waals surface area contributed by atoms with Gasteiger partial charge < -0.3 is 13.6 Å². The highest BCUT2D eigenvalue weighted by atomic mass is 28.4. The molecule has 4 nitrogen and oxygen atoms in total. The van der Waals surface area contributed by atoms with E-state index in [2.05, 4.69) is 6.58 Å². The molecule has 2 unspecified atom stereocenters.